The van der Waals surface area contributed by atoms with Gasteiger partial charge in [0.1, 0.15) is 6.54 Å². The highest BCUT2D eigenvalue weighted by Crippen LogP contribution is 2.33. The first-order valence-electron chi connectivity index (χ1n) is 7.44. The first kappa shape index (κ1) is 17.0. The average molecular weight is 332 g/mol. The number of quaternary nitrogens is 1. The summed E-state index contributed by atoms with van der Waals surface area (Å²) in [7, 11) is 0. The van der Waals surface area contributed by atoms with Crippen LogP contribution in [0, 0.1) is 5.92 Å². The van der Waals surface area contributed by atoms with Gasteiger partial charge in [0.25, 0.3) is 0 Å². The Bertz CT molecular complexity index is 494. The molecule has 0 aliphatic carbocycles. The maximum absolute atomic E-state index is 10.0. The Morgan fingerprint density at radius 2 is 2.00 bits per heavy atom. The number of benzene rings is 1. The molecule has 2 rings (SSSR count). The van der Waals surface area contributed by atoms with Crippen molar-refractivity contribution in [3.8, 4) is 0 Å². The third-order valence-corrected chi connectivity index (χ3v) is 4.93. The molecule has 0 radical (unpaired) electrons. The van der Waals surface area contributed by atoms with Gasteiger partial charge in [0.15, 0.2) is 0 Å². The van der Waals surface area contributed by atoms with E-state index in [0.717, 1.165) is 54.2 Å². The fourth-order valence-corrected chi connectivity index (χ4v) is 3.57. The normalized spacial score (nSPS) is 25.7. The number of nitrogens with zero attached hydrogens (tertiary/aromatic N) is 1. The molecule has 0 atom stereocenters. The van der Waals surface area contributed by atoms with Gasteiger partial charge in [-0.25, -0.2) is 0 Å². The third-order valence-electron chi connectivity index (χ3n) is 4.34. The Labute approximate surface area is 137 Å². The van der Waals surface area contributed by atoms with E-state index in [1.54, 1.807) is 6.07 Å². The maximum atomic E-state index is 10.0. The molecule has 1 aromatic carbocycles. The van der Waals surface area contributed by atoms with Crippen LogP contribution in [0.2, 0.25) is 10.0 Å². The van der Waals surface area contributed by atoms with Crippen molar-refractivity contribution in [2.75, 3.05) is 26.2 Å². The highest BCUT2D eigenvalue weighted by Gasteiger charge is 2.43. The van der Waals surface area contributed by atoms with Crippen LogP contribution >= 0.6 is 23.2 Å². The van der Waals surface area contributed by atoms with Crippen LogP contribution in [0.1, 0.15) is 25.8 Å². The number of hydrogen-bond donors (Lipinski definition) is 2. The van der Waals surface area contributed by atoms with E-state index in [1.165, 1.54) is 0 Å². The Kier molecular flexibility index (Phi) is 5.22. The van der Waals surface area contributed by atoms with Gasteiger partial charge in [-0.2, -0.15) is 0 Å². The minimum absolute atomic E-state index is 0.581. The molecule has 5 heteroatoms. The molecule has 3 nitrogen and oxygen atoms in total. The van der Waals surface area contributed by atoms with Gasteiger partial charge in [0.05, 0.1) is 36.2 Å². The van der Waals surface area contributed by atoms with Crippen LogP contribution in [0.25, 0.3) is 0 Å². The van der Waals surface area contributed by atoms with Gasteiger partial charge >= 0.3 is 0 Å². The monoisotopic (exact) mass is 331 g/mol. The Morgan fingerprint density at radius 1 is 1.33 bits per heavy atom. The van der Waals surface area contributed by atoms with Gasteiger partial charge in [-0.3, -0.25) is 0 Å². The van der Waals surface area contributed by atoms with E-state index < -0.39 is 5.60 Å². The standard InChI is InChI=1S/C16H25Cl2N2O/c1-16(2,21)5-6-20(9-12(8-19)10-20)11-13-3-4-14(17)7-15(13)18/h3-4,7,12,21H,5-6,8-11,19H2,1-2H3/q+1. The predicted octanol–water partition coefficient (Wildman–Crippen LogP) is 3.06. The molecule has 0 amide bonds. The molecular formula is C16H25Cl2N2O+. The molecule has 0 aromatic heterocycles. The van der Waals surface area contributed by atoms with Crippen LogP contribution in [0.15, 0.2) is 18.2 Å². The van der Waals surface area contributed by atoms with Gasteiger partial charge < -0.3 is 15.3 Å². The first-order valence-corrected chi connectivity index (χ1v) is 8.20. The Morgan fingerprint density at radius 3 is 2.52 bits per heavy atom. The molecule has 3 N–H and O–H groups in total. The lowest BCUT2D eigenvalue weighted by Gasteiger charge is -2.51. The van der Waals surface area contributed by atoms with Crippen molar-refractivity contribution in [1.29, 1.82) is 0 Å². The van der Waals surface area contributed by atoms with Gasteiger partial charge in [-0.1, -0.05) is 29.3 Å². The van der Waals surface area contributed by atoms with E-state index in [2.05, 4.69) is 0 Å². The van der Waals surface area contributed by atoms with Gasteiger partial charge in [0, 0.05) is 23.6 Å². The lowest BCUT2D eigenvalue weighted by atomic mass is 9.92. The SMILES string of the molecule is CC(C)(O)CC[N+]1(Cc2ccc(Cl)cc2Cl)CC(CN)C1. The summed E-state index contributed by atoms with van der Waals surface area (Å²) < 4.78 is 0.952. The number of halogens is 2. The maximum Gasteiger partial charge on any atom is 0.106 e. The van der Waals surface area contributed by atoms with Crippen molar-refractivity contribution < 1.29 is 9.59 Å². The lowest BCUT2D eigenvalue weighted by molar-refractivity contribution is -0.985. The zero-order chi connectivity index (χ0) is 15.7. The number of aliphatic hydroxyl groups is 1. The fraction of sp³-hybridized carbons (Fsp3) is 0.625. The quantitative estimate of drug-likeness (QED) is 0.787. The summed E-state index contributed by atoms with van der Waals surface area (Å²) in [5.41, 5.74) is 6.26. The average Bonchev–Trinajstić information content (AvgIpc) is 2.33. The minimum Gasteiger partial charge on any atom is -0.390 e. The van der Waals surface area contributed by atoms with Crippen molar-refractivity contribution in [2.24, 2.45) is 11.7 Å². The Balaban J connectivity index is 2.10. The van der Waals surface area contributed by atoms with E-state index in [1.807, 2.05) is 26.0 Å². The number of hydrogen-bond acceptors (Lipinski definition) is 2. The summed E-state index contributed by atoms with van der Waals surface area (Å²) in [5.74, 6) is 0.581. The number of likely N-dealkylation sites (tertiary alicyclic amines) is 1. The molecule has 1 saturated heterocycles. The van der Waals surface area contributed by atoms with Crippen LogP contribution in [0.3, 0.4) is 0 Å². The van der Waals surface area contributed by atoms with Gasteiger partial charge in [-0.15, -0.1) is 0 Å². The van der Waals surface area contributed by atoms with Crippen molar-refractivity contribution in [1.82, 2.24) is 0 Å². The molecule has 0 unspecified atom stereocenters. The molecule has 21 heavy (non-hydrogen) atoms. The van der Waals surface area contributed by atoms with Crippen molar-refractivity contribution in [3.05, 3.63) is 33.8 Å². The molecule has 118 valence electrons. The molecule has 0 saturated carbocycles. The Hall–Kier alpha value is -0.320. The van der Waals surface area contributed by atoms with Crippen LogP contribution in [-0.2, 0) is 6.54 Å². The van der Waals surface area contributed by atoms with Crippen LogP contribution in [-0.4, -0.2) is 41.4 Å². The summed E-state index contributed by atoms with van der Waals surface area (Å²) >= 11 is 12.3. The van der Waals surface area contributed by atoms with Crippen molar-refractivity contribution >= 4 is 23.2 Å². The minimum atomic E-state index is -0.636. The number of rotatable bonds is 6. The molecule has 1 fully saturated rings. The molecule has 0 bridgehead atoms. The molecule has 1 aromatic rings. The second-order valence-corrected chi connectivity index (χ2v) is 7.83. The molecule has 1 heterocycles. The largest absolute Gasteiger partial charge is 0.390 e. The van der Waals surface area contributed by atoms with Crippen LogP contribution < -0.4 is 5.73 Å². The third kappa shape index (κ3) is 4.57. The molecule has 1 aliphatic heterocycles. The lowest BCUT2D eigenvalue weighted by Crippen LogP contribution is -2.65. The van der Waals surface area contributed by atoms with E-state index in [-0.39, 0.29) is 0 Å². The first-order chi connectivity index (χ1) is 9.73. The van der Waals surface area contributed by atoms with Crippen molar-refractivity contribution in [3.63, 3.8) is 0 Å². The van der Waals surface area contributed by atoms with Gasteiger partial charge in [0.2, 0.25) is 0 Å². The van der Waals surface area contributed by atoms with Crippen LogP contribution in [0.4, 0.5) is 0 Å². The highest BCUT2D eigenvalue weighted by molar-refractivity contribution is 6.35. The summed E-state index contributed by atoms with van der Waals surface area (Å²) in [6.07, 6.45) is 0.773. The van der Waals surface area contributed by atoms with E-state index in [4.69, 9.17) is 28.9 Å². The van der Waals surface area contributed by atoms with E-state index >= 15 is 0 Å². The summed E-state index contributed by atoms with van der Waals surface area (Å²) in [4.78, 5) is 0. The fourth-order valence-electron chi connectivity index (χ4n) is 3.10. The van der Waals surface area contributed by atoms with Gasteiger partial charge in [-0.05, 0) is 26.0 Å². The van der Waals surface area contributed by atoms with E-state index in [9.17, 15) is 5.11 Å². The van der Waals surface area contributed by atoms with E-state index in [0.29, 0.717) is 10.9 Å². The topological polar surface area (TPSA) is 46.2 Å². The summed E-state index contributed by atoms with van der Waals surface area (Å²) in [6, 6.07) is 5.69. The summed E-state index contributed by atoms with van der Waals surface area (Å²) in [5, 5.41) is 11.4. The second kappa shape index (κ2) is 6.43. The molecule has 1 aliphatic rings. The zero-order valence-electron chi connectivity index (χ0n) is 12.8. The number of nitrogens with two attached hydrogens (primary N) is 1. The highest BCUT2D eigenvalue weighted by atomic mass is 35.5. The molecule has 0 spiro atoms. The van der Waals surface area contributed by atoms with Crippen molar-refractivity contribution in [2.45, 2.75) is 32.4 Å². The van der Waals surface area contributed by atoms with Crippen LogP contribution in [0.5, 0.6) is 0 Å². The summed E-state index contributed by atoms with van der Waals surface area (Å²) in [6.45, 7) is 8.40. The second-order valence-electron chi connectivity index (χ2n) is 6.99. The molecular weight excluding hydrogens is 307 g/mol. The smallest absolute Gasteiger partial charge is 0.106 e. The predicted molar refractivity (Wildman–Crippen MR) is 88.5 cm³/mol. The zero-order valence-corrected chi connectivity index (χ0v) is 14.3.